The van der Waals surface area contributed by atoms with Gasteiger partial charge < -0.3 is 19.2 Å². The Kier molecular flexibility index (Phi) is 5.64. The number of aromatic amines is 1. The molecule has 3 heterocycles. The van der Waals surface area contributed by atoms with Crippen LogP contribution in [0.1, 0.15) is 64.7 Å². The smallest absolute Gasteiger partial charge is 0.312 e. The lowest BCUT2D eigenvalue weighted by molar-refractivity contribution is -0.135. The number of allylic oxidation sites excluding steroid dienone is 1. The van der Waals surface area contributed by atoms with Crippen molar-refractivity contribution >= 4 is 28.7 Å². The van der Waals surface area contributed by atoms with Crippen molar-refractivity contribution < 1.29 is 23.8 Å². The van der Waals surface area contributed by atoms with E-state index < -0.39 is 11.9 Å². The van der Waals surface area contributed by atoms with Crippen LogP contribution in [0.15, 0.2) is 71.2 Å². The van der Waals surface area contributed by atoms with E-state index in [0.717, 1.165) is 10.9 Å². The van der Waals surface area contributed by atoms with E-state index in [0.29, 0.717) is 39.6 Å². The van der Waals surface area contributed by atoms with Crippen LogP contribution in [0, 0.1) is 0 Å². The second-order valence-corrected chi connectivity index (χ2v) is 9.85. The molecule has 7 nitrogen and oxygen atoms in total. The lowest BCUT2D eigenvalue weighted by Crippen LogP contribution is -2.26. The number of carbonyl (C=O) groups is 2. The maximum Gasteiger partial charge on any atom is 0.312 e. The average molecular weight is 508 g/mol. The van der Waals surface area contributed by atoms with E-state index in [9.17, 15) is 14.4 Å². The summed E-state index contributed by atoms with van der Waals surface area (Å²) in [6.07, 6.45) is 1.65. The lowest BCUT2D eigenvalue weighted by Gasteiger charge is -2.26. The number of methoxy groups -OCH3 is 1. The molecule has 2 aliphatic heterocycles. The molecule has 38 heavy (non-hydrogen) atoms. The largest absolute Gasteiger partial charge is 0.497 e. The first-order valence-electron chi connectivity index (χ1n) is 12.4. The molecule has 1 N–H and O–H groups in total. The number of hydrogen-bond acceptors (Lipinski definition) is 6. The highest BCUT2D eigenvalue weighted by molar-refractivity contribution is 6.15. The zero-order valence-electron chi connectivity index (χ0n) is 21.2. The molecule has 6 rings (SSSR count). The monoisotopic (exact) mass is 507 g/mol. The predicted octanol–water partition coefficient (Wildman–Crippen LogP) is 5.72. The zero-order valence-corrected chi connectivity index (χ0v) is 21.2. The Morgan fingerprint density at radius 2 is 1.76 bits per heavy atom. The van der Waals surface area contributed by atoms with Gasteiger partial charge in [-0.25, -0.2) is 0 Å². The molecule has 1 atom stereocenters. The topological polar surface area (TPSA) is 94.7 Å². The van der Waals surface area contributed by atoms with E-state index in [2.05, 4.69) is 18.8 Å². The third kappa shape index (κ3) is 3.96. The maximum absolute atomic E-state index is 13.3. The number of aromatic nitrogens is 1. The van der Waals surface area contributed by atoms with Gasteiger partial charge in [-0.3, -0.25) is 14.4 Å². The van der Waals surface area contributed by atoms with Crippen LogP contribution in [0.25, 0.3) is 17.0 Å². The van der Waals surface area contributed by atoms with Crippen molar-refractivity contribution in [3.63, 3.8) is 0 Å². The number of carbonyl (C=O) groups excluding carboxylic acids is 2. The second kappa shape index (κ2) is 9.03. The van der Waals surface area contributed by atoms with Crippen LogP contribution in [0.4, 0.5) is 0 Å². The maximum atomic E-state index is 13.3. The van der Waals surface area contributed by atoms with Crippen LogP contribution >= 0.6 is 0 Å². The number of rotatable bonds is 4. The van der Waals surface area contributed by atoms with Crippen molar-refractivity contribution in [2.45, 2.75) is 32.1 Å². The van der Waals surface area contributed by atoms with Gasteiger partial charge in [0.25, 0.3) is 5.56 Å². The minimum absolute atomic E-state index is 0.0541. The van der Waals surface area contributed by atoms with Gasteiger partial charge in [0.05, 0.1) is 24.6 Å². The van der Waals surface area contributed by atoms with E-state index in [-0.39, 0.29) is 29.3 Å². The number of pyridine rings is 1. The number of ether oxygens (including phenoxy) is 3. The first kappa shape index (κ1) is 23.7. The van der Waals surface area contributed by atoms with Gasteiger partial charge in [-0.15, -0.1) is 0 Å². The van der Waals surface area contributed by atoms with Crippen molar-refractivity contribution in [1.29, 1.82) is 0 Å². The van der Waals surface area contributed by atoms with Gasteiger partial charge in [0.2, 0.25) is 5.78 Å². The number of hydrogen-bond donors (Lipinski definition) is 1. The molecule has 4 aromatic rings. The number of H-pyrrole nitrogens is 1. The summed E-state index contributed by atoms with van der Waals surface area (Å²) in [6, 6.07) is 18.3. The molecule has 7 heteroatoms. The van der Waals surface area contributed by atoms with Crippen molar-refractivity contribution in [2.75, 3.05) is 7.11 Å². The number of Topliss-reactive ketones (excluding diaryl/α,β-unsaturated/α-hetero) is 1. The van der Waals surface area contributed by atoms with Gasteiger partial charge in [0.15, 0.2) is 5.76 Å². The highest BCUT2D eigenvalue weighted by Gasteiger charge is 2.39. The molecule has 0 radical (unpaired) electrons. The summed E-state index contributed by atoms with van der Waals surface area (Å²) in [5, 5.41) is 0.788. The Hall–Kier alpha value is -4.65. The van der Waals surface area contributed by atoms with Crippen molar-refractivity contribution in [3.05, 3.63) is 105 Å². The Morgan fingerprint density at radius 1 is 0.974 bits per heavy atom. The number of benzene rings is 3. The average Bonchev–Trinajstić information content (AvgIpc) is 3.22. The van der Waals surface area contributed by atoms with Gasteiger partial charge in [-0.2, -0.15) is 0 Å². The molecule has 0 saturated heterocycles. The molecule has 2 aliphatic rings. The standard InChI is InChI=1S/C31H25NO6/c1-16(2)18-6-4-17(5-7-18)12-26-29(34)21-10-11-25-28(30(21)38-26)22(15-27(33)37-25)23-13-19-8-9-20(36-3)14-24(19)32-31(23)35/h4-14,16,22H,15H2,1-3H3,(H,32,35). The van der Waals surface area contributed by atoms with Gasteiger partial charge in [0.1, 0.15) is 17.2 Å². The minimum atomic E-state index is -0.645. The van der Waals surface area contributed by atoms with Crippen LogP contribution in [-0.4, -0.2) is 23.8 Å². The molecule has 0 bridgehead atoms. The molecule has 0 amide bonds. The Bertz CT molecular complexity index is 1710. The van der Waals surface area contributed by atoms with Crippen LogP contribution in [0.3, 0.4) is 0 Å². The fourth-order valence-electron chi connectivity index (χ4n) is 5.08. The summed E-state index contributed by atoms with van der Waals surface area (Å²) in [5.74, 6) is 0.453. The summed E-state index contributed by atoms with van der Waals surface area (Å²) in [5.41, 5.74) is 3.61. The van der Waals surface area contributed by atoms with Gasteiger partial charge in [0, 0.05) is 23.1 Å². The number of nitrogens with one attached hydrogen (secondary N) is 1. The molecule has 190 valence electrons. The molecule has 0 aliphatic carbocycles. The van der Waals surface area contributed by atoms with Gasteiger partial charge in [-0.05, 0) is 58.8 Å². The highest BCUT2D eigenvalue weighted by Crippen LogP contribution is 2.48. The number of fused-ring (bicyclic) bond motifs is 4. The van der Waals surface area contributed by atoms with Crippen LogP contribution < -0.4 is 19.8 Å². The van der Waals surface area contributed by atoms with E-state index in [4.69, 9.17) is 14.2 Å². The highest BCUT2D eigenvalue weighted by atomic mass is 16.5. The molecule has 0 spiro atoms. The quantitative estimate of drug-likeness (QED) is 0.216. The third-order valence-electron chi connectivity index (χ3n) is 7.14. The summed E-state index contributed by atoms with van der Waals surface area (Å²) in [7, 11) is 1.56. The third-order valence-corrected chi connectivity index (χ3v) is 7.14. The van der Waals surface area contributed by atoms with Gasteiger partial charge in [-0.1, -0.05) is 38.1 Å². The second-order valence-electron chi connectivity index (χ2n) is 9.85. The van der Waals surface area contributed by atoms with E-state index in [1.165, 1.54) is 5.56 Å². The molecule has 0 saturated carbocycles. The first-order chi connectivity index (χ1) is 18.3. The molecule has 0 fully saturated rings. The fourth-order valence-corrected chi connectivity index (χ4v) is 5.08. The summed E-state index contributed by atoms with van der Waals surface area (Å²) >= 11 is 0. The Labute approximate surface area is 218 Å². The molecule has 3 aromatic carbocycles. The predicted molar refractivity (Wildman–Crippen MR) is 143 cm³/mol. The summed E-state index contributed by atoms with van der Waals surface area (Å²) < 4.78 is 16.9. The SMILES string of the molecule is COc1ccc2cc(C3CC(=O)Oc4ccc5c(c43)OC(=Cc3ccc(C(C)C)cc3)C5=O)c(=O)[nH]c2c1. The van der Waals surface area contributed by atoms with Gasteiger partial charge >= 0.3 is 5.97 Å². The normalized spacial score (nSPS) is 17.4. The summed E-state index contributed by atoms with van der Waals surface area (Å²) in [4.78, 5) is 42.0. The van der Waals surface area contributed by atoms with E-state index in [1.807, 2.05) is 30.3 Å². The lowest BCUT2D eigenvalue weighted by atomic mass is 9.85. The van der Waals surface area contributed by atoms with Crippen LogP contribution in [0.2, 0.25) is 0 Å². The van der Waals surface area contributed by atoms with E-state index >= 15 is 0 Å². The van der Waals surface area contributed by atoms with Crippen molar-refractivity contribution in [2.24, 2.45) is 0 Å². The molecule has 1 unspecified atom stereocenters. The molecular weight excluding hydrogens is 482 g/mol. The molecular formula is C31H25NO6. The Morgan fingerprint density at radius 3 is 2.50 bits per heavy atom. The van der Waals surface area contributed by atoms with Crippen LogP contribution in [-0.2, 0) is 4.79 Å². The summed E-state index contributed by atoms with van der Waals surface area (Å²) in [6.45, 7) is 4.25. The number of esters is 1. The molecule has 1 aromatic heterocycles. The fraction of sp³-hybridized carbons (Fsp3) is 0.194. The first-order valence-corrected chi connectivity index (χ1v) is 12.4. The van der Waals surface area contributed by atoms with Crippen molar-refractivity contribution in [1.82, 2.24) is 4.98 Å². The van der Waals surface area contributed by atoms with Crippen molar-refractivity contribution in [3.8, 4) is 17.2 Å². The minimum Gasteiger partial charge on any atom is -0.497 e. The van der Waals surface area contributed by atoms with E-state index in [1.54, 1.807) is 43.5 Å². The Balaban J connectivity index is 1.44. The van der Waals surface area contributed by atoms with Crippen LogP contribution in [0.5, 0.6) is 17.2 Å². The number of ketones is 1. The zero-order chi connectivity index (χ0) is 26.6.